The number of halogens is 2. The van der Waals surface area contributed by atoms with Crippen LogP contribution in [0, 0.1) is 6.92 Å². The van der Waals surface area contributed by atoms with Crippen molar-refractivity contribution >= 4 is 46.4 Å². The summed E-state index contributed by atoms with van der Waals surface area (Å²) in [6.07, 6.45) is 0. The van der Waals surface area contributed by atoms with Crippen LogP contribution in [0.4, 0.5) is 11.4 Å². The van der Waals surface area contributed by atoms with Crippen LogP contribution in [-0.2, 0) is 9.59 Å². The Hall–Kier alpha value is -2.24. The number of aryl methyl sites for hydroxylation is 1. The molecule has 0 saturated carbocycles. The maximum absolute atomic E-state index is 12.0. The molecule has 0 heterocycles. The van der Waals surface area contributed by atoms with Gasteiger partial charge in [0.25, 0.3) is 0 Å². The third-order valence-corrected chi connectivity index (χ3v) is 3.66. The van der Waals surface area contributed by atoms with Gasteiger partial charge >= 0.3 is 11.8 Å². The van der Waals surface area contributed by atoms with E-state index in [9.17, 15) is 9.59 Å². The lowest BCUT2D eigenvalue weighted by molar-refractivity contribution is -0.133. The van der Waals surface area contributed by atoms with Crippen molar-refractivity contribution in [2.24, 2.45) is 0 Å². The van der Waals surface area contributed by atoms with Crippen LogP contribution in [0.1, 0.15) is 5.56 Å². The average Bonchev–Trinajstić information content (AvgIpc) is 2.50. The molecule has 7 heteroatoms. The first kappa shape index (κ1) is 17.1. The Bertz CT molecular complexity index is 763. The second-order valence-corrected chi connectivity index (χ2v) is 5.56. The zero-order valence-corrected chi connectivity index (χ0v) is 14.0. The Morgan fingerprint density at radius 1 is 1.04 bits per heavy atom. The Morgan fingerprint density at radius 3 is 2.39 bits per heavy atom. The number of benzene rings is 2. The minimum atomic E-state index is -0.829. The second kappa shape index (κ2) is 7.35. The average molecular weight is 353 g/mol. The summed E-state index contributed by atoms with van der Waals surface area (Å²) in [7, 11) is 1.45. The fourth-order valence-corrected chi connectivity index (χ4v) is 2.21. The molecular weight excluding hydrogens is 339 g/mol. The molecule has 2 amide bonds. The SMILES string of the molecule is COc1cc(Cl)c(C)cc1NC(=O)C(=O)Nc1cccc(Cl)c1. The number of hydrogen-bond acceptors (Lipinski definition) is 3. The lowest BCUT2D eigenvalue weighted by atomic mass is 10.2. The van der Waals surface area contributed by atoms with Gasteiger partial charge in [-0.15, -0.1) is 0 Å². The fraction of sp³-hybridized carbons (Fsp3) is 0.125. The molecule has 23 heavy (non-hydrogen) atoms. The van der Waals surface area contributed by atoms with Gasteiger partial charge in [0.2, 0.25) is 0 Å². The predicted molar refractivity (Wildman–Crippen MR) is 91.5 cm³/mol. The lowest BCUT2D eigenvalue weighted by Gasteiger charge is -2.12. The number of carbonyl (C=O) groups excluding carboxylic acids is 2. The molecule has 0 bridgehead atoms. The molecule has 2 rings (SSSR count). The van der Waals surface area contributed by atoms with Gasteiger partial charge in [0.05, 0.1) is 12.8 Å². The number of hydrogen-bond donors (Lipinski definition) is 2. The Kier molecular flexibility index (Phi) is 5.47. The minimum absolute atomic E-state index is 0.362. The van der Waals surface area contributed by atoms with Crippen molar-refractivity contribution in [1.29, 1.82) is 0 Å². The van der Waals surface area contributed by atoms with Crippen molar-refractivity contribution in [3.05, 3.63) is 52.0 Å². The Balaban J connectivity index is 2.12. The summed E-state index contributed by atoms with van der Waals surface area (Å²) in [6.45, 7) is 1.78. The van der Waals surface area contributed by atoms with E-state index in [1.807, 2.05) is 0 Å². The molecule has 0 fully saturated rings. The molecule has 0 aliphatic carbocycles. The molecule has 2 N–H and O–H groups in total. The van der Waals surface area contributed by atoms with E-state index >= 15 is 0 Å². The first-order valence-electron chi connectivity index (χ1n) is 6.62. The smallest absolute Gasteiger partial charge is 0.314 e. The van der Waals surface area contributed by atoms with Crippen LogP contribution in [0.15, 0.2) is 36.4 Å². The maximum atomic E-state index is 12.0. The summed E-state index contributed by atoms with van der Waals surface area (Å²) in [6, 6.07) is 9.71. The highest BCUT2D eigenvalue weighted by Crippen LogP contribution is 2.30. The van der Waals surface area contributed by atoms with E-state index < -0.39 is 11.8 Å². The first-order valence-corrected chi connectivity index (χ1v) is 7.38. The number of carbonyl (C=O) groups is 2. The second-order valence-electron chi connectivity index (χ2n) is 4.72. The van der Waals surface area contributed by atoms with Crippen LogP contribution in [0.25, 0.3) is 0 Å². The van der Waals surface area contributed by atoms with Crippen molar-refractivity contribution in [1.82, 2.24) is 0 Å². The number of rotatable bonds is 3. The number of amides is 2. The summed E-state index contributed by atoms with van der Waals surface area (Å²) in [5.74, 6) is -1.28. The van der Waals surface area contributed by atoms with E-state index in [1.165, 1.54) is 7.11 Å². The molecular formula is C16H14Cl2N2O3. The van der Waals surface area contributed by atoms with E-state index in [2.05, 4.69) is 10.6 Å². The van der Waals surface area contributed by atoms with Crippen molar-refractivity contribution < 1.29 is 14.3 Å². The van der Waals surface area contributed by atoms with E-state index in [0.717, 1.165) is 5.56 Å². The van der Waals surface area contributed by atoms with Crippen molar-refractivity contribution in [2.45, 2.75) is 6.92 Å². The van der Waals surface area contributed by atoms with Crippen LogP contribution < -0.4 is 15.4 Å². The molecule has 0 radical (unpaired) electrons. The molecule has 120 valence electrons. The topological polar surface area (TPSA) is 67.4 Å². The quantitative estimate of drug-likeness (QED) is 0.823. The van der Waals surface area contributed by atoms with Crippen molar-refractivity contribution in [3.63, 3.8) is 0 Å². The van der Waals surface area contributed by atoms with Gasteiger partial charge in [-0.1, -0.05) is 29.3 Å². The van der Waals surface area contributed by atoms with Gasteiger partial charge in [-0.05, 0) is 36.8 Å². The maximum Gasteiger partial charge on any atom is 0.314 e. The Labute approximate surface area is 143 Å². The first-order chi connectivity index (χ1) is 10.9. The van der Waals surface area contributed by atoms with E-state index in [1.54, 1.807) is 43.3 Å². The Morgan fingerprint density at radius 2 is 1.74 bits per heavy atom. The highest BCUT2D eigenvalue weighted by atomic mass is 35.5. The molecule has 0 aliphatic rings. The molecule has 0 atom stereocenters. The van der Waals surface area contributed by atoms with Gasteiger partial charge in [-0.25, -0.2) is 0 Å². The molecule has 5 nitrogen and oxygen atoms in total. The normalized spacial score (nSPS) is 10.1. The van der Waals surface area contributed by atoms with Crippen LogP contribution >= 0.6 is 23.2 Å². The minimum Gasteiger partial charge on any atom is -0.495 e. The van der Waals surface area contributed by atoms with Crippen LogP contribution in [0.2, 0.25) is 10.0 Å². The molecule has 0 unspecified atom stereocenters. The number of ether oxygens (including phenoxy) is 1. The number of nitrogens with one attached hydrogen (secondary N) is 2. The summed E-state index contributed by atoms with van der Waals surface area (Å²) >= 11 is 11.8. The fourth-order valence-electron chi connectivity index (χ4n) is 1.86. The van der Waals surface area contributed by atoms with Gasteiger partial charge in [-0.2, -0.15) is 0 Å². The molecule has 0 aliphatic heterocycles. The molecule has 2 aromatic rings. The van der Waals surface area contributed by atoms with Crippen molar-refractivity contribution in [2.75, 3.05) is 17.7 Å². The van der Waals surface area contributed by atoms with Gasteiger partial charge < -0.3 is 15.4 Å². The third-order valence-electron chi connectivity index (χ3n) is 3.02. The van der Waals surface area contributed by atoms with Crippen LogP contribution in [-0.4, -0.2) is 18.9 Å². The van der Waals surface area contributed by atoms with Gasteiger partial charge in [0.15, 0.2) is 0 Å². The summed E-state index contributed by atoms with van der Waals surface area (Å²) < 4.78 is 5.15. The largest absolute Gasteiger partial charge is 0.495 e. The third kappa shape index (κ3) is 4.37. The highest BCUT2D eigenvalue weighted by molar-refractivity contribution is 6.44. The van der Waals surface area contributed by atoms with E-state index in [4.69, 9.17) is 27.9 Å². The molecule has 0 saturated heterocycles. The highest BCUT2D eigenvalue weighted by Gasteiger charge is 2.17. The molecule has 0 spiro atoms. The summed E-state index contributed by atoms with van der Waals surface area (Å²) in [4.78, 5) is 24.0. The lowest BCUT2D eigenvalue weighted by Crippen LogP contribution is -2.29. The van der Waals surface area contributed by atoms with Crippen LogP contribution in [0.5, 0.6) is 5.75 Å². The van der Waals surface area contributed by atoms with Gasteiger partial charge in [-0.3, -0.25) is 9.59 Å². The standard InChI is InChI=1S/C16H14Cl2N2O3/c1-9-6-13(14(23-2)8-12(9)18)20-16(22)15(21)19-11-5-3-4-10(17)7-11/h3-8H,1-2H3,(H,19,21)(H,20,22). The van der Waals surface area contributed by atoms with Gasteiger partial charge in [0, 0.05) is 21.8 Å². The van der Waals surface area contributed by atoms with Gasteiger partial charge in [0.1, 0.15) is 5.75 Å². The zero-order chi connectivity index (χ0) is 17.0. The number of methoxy groups -OCH3 is 1. The van der Waals surface area contributed by atoms with E-state index in [-0.39, 0.29) is 0 Å². The van der Waals surface area contributed by atoms with Crippen LogP contribution in [0.3, 0.4) is 0 Å². The summed E-state index contributed by atoms with van der Waals surface area (Å²) in [5, 5.41) is 5.92. The van der Waals surface area contributed by atoms with Crippen molar-refractivity contribution in [3.8, 4) is 5.75 Å². The summed E-state index contributed by atoms with van der Waals surface area (Å²) in [5.41, 5.74) is 1.54. The van der Waals surface area contributed by atoms with E-state index in [0.29, 0.717) is 27.2 Å². The monoisotopic (exact) mass is 352 g/mol. The number of anilines is 2. The molecule has 0 aromatic heterocycles. The zero-order valence-electron chi connectivity index (χ0n) is 12.4. The molecule has 2 aromatic carbocycles. The predicted octanol–water partition coefficient (Wildman–Crippen LogP) is 3.89.